The van der Waals surface area contributed by atoms with Crippen LogP contribution in [0.1, 0.15) is 50.3 Å². The van der Waals surface area contributed by atoms with Crippen LogP contribution in [0.3, 0.4) is 0 Å². The minimum atomic E-state index is -1.32. The van der Waals surface area contributed by atoms with E-state index in [1.54, 1.807) is 69.4 Å². The number of rotatable bonds is 16. The van der Waals surface area contributed by atoms with Gasteiger partial charge in [0, 0.05) is 66.7 Å². The lowest BCUT2D eigenvalue weighted by atomic mass is 10.0. The maximum Gasteiger partial charge on any atom is 0.407 e. The van der Waals surface area contributed by atoms with E-state index in [0.717, 1.165) is 0 Å². The zero-order valence-corrected chi connectivity index (χ0v) is 29.8. The molecule has 0 radical (unpaired) electrons. The number of H-pyrrole nitrogens is 1. The molecule has 0 aliphatic rings. The van der Waals surface area contributed by atoms with Crippen LogP contribution in [0.2, 0.25) is 5.02 Å². The van der Waals surface area contributed by atoms with E-state index in [2.05, 4.69) is 31.2 Å². The van der Waals surface area contributed by atoms with Crippen molar-refractivity contribution in [1.29, 1.82) is 0 Å². The smallest absolute Gasteiger partial charge is 0.407 e. The first kappa shape index (κ1) is 39.2. The highest BCUT2D eigenvalue weighted by Gasteiger charge is 2.31. The van der Waals surface area contributed by atoms with E-state index >= 15 is 0 Å². The number of carboxylic acids is 1. The molecule has 3 atom stereocenters. The second kappa shape index (κ2) is 18.0. The number of phenolic OH excluding ortho intramolecular Hbond substituents is 1. The number of benzene rings is 2. The van der Waals surface area contributed by atoms with Crippen molar-refractivity contribution in [2.24, 2.45) is 0 Å². The Morgan fingerprint density at radius 1 is 0.846 bits per heavy atom. The summed E-state index contributed by atoms with van der Waals surface area (Å²) in [7, 11) is 0. The number of aromatic hydroxyl groups is 1. The van der Waals surface area contributed by atoms with Crippen LogP contribution in [0.5, 0.6) is 5.75 Å². The molecule has 4 rings (SSSR count). The fourth-order valence-electron chi connectivity index (χ4n) is 5.35. The van der Waals surface area contributed by atoms with Gasteiger partial charge in [0.25, 0.3) is 0 Å². The number of ether oxygens (including phenoxy) is 1. The molecule has 0 aliphatic heterocycles. The number of aromatic nitrogens is 2. The Morgan fingerprint density at radius 3 is 2.12 bits per heavy atom. The van der Waals surface area contributed by atoms with Crippen LogP contribution < -0.4 is 21.3 Å². The summed E-state index contributed by atoms with van der Waals surface area (Å²) in [6.07, 6.45) is 4.20. The van der Waals surface area contributed by atoms with Gasteiger partial charge in [-0.1, -0.05) is 23.7 Å². The van der Waals surface area contributed by atoms with E-state index in [4.69, 9.17) is 16.3 Å². The Labute approximate surface area is 305 Å². The van der Waals surface area contributed by atoms with Crippen LogP contribution in [-0.2, 0) is 43.2 Å². The molecule has 0 unspecified atom stereocenters. The predicted octanol–water partition coefficient (Wildman–Crippen LogP) is 3.79. The van der Waals surface area contributed by atoms with Crippen LogP contribution in [0.4, 0.5) is 4.79 Å². The number of nitrogens with zero attached hydrogens (tertiary/aromatic N) is 1. The molecular formula is C37H43ClN6O8. The van der Waals surface area contributed by atoms with Crippen molar-refractivity contribution < 1.29 is 38.9 Å². The maximum atomic E-state index is 14.0. The van der Waals surface area contributed by atoms with Gasteiger partial charge in [0.2, 0.25) is 17.7 Å². The summed E-state index contributed by atoms with van der Waals surface area (Å²) in [5, 5.41) is 31.8. The molecule has 0 saturated heterocycles. The number of carbonyl (C=O) groups is 5. The predicted molar refractivity (Wildman–Crippen MR) is 194 cm³/mol. The molecule has 4 amide bonds. The number of hydrogen-bond acceptors (Lipinski definition) is 8. The number of halogens is 1. The fraction of sp³-hybridized carbons (Fsp3) is 0.351. The largest absolute Gasteiger partial charge is 0.508 e. The molecule has 0 aliphatic carbocycles. The first-order valence-electron chi connectivity index (χ1n) is 16.7. The number of amides is 4. The Hall–Kier alpha value is -5.63. The number of fused-ring (bicyclic) bond motifs is 1. The molecule has 2 aromatic carbocycles. The normalized spacial score (nSPS) is 13.0. The number of aromatic amines is 1. The van der Waals surface area contributed by atoms with E-state index < -0.39 is 53.5 Å². The molecule has 7 N–H and O–H groups in total. The number of hydrogen-bond donors (Lipinski definition) is 7. The second-order valence-electron chi connectivity index (χ2n) is 13.3. The van der Waals surface area contributed by atoms with E-state index in [1.807, 2.05) is 0 Å². The second-order valence-corrected chi connectivity index (χ2v) is 13.7. The SMILES string of the molecule is CC(C)(C)OC(=O)NCCCC(=O)N[C@@H](Cc1c[nH]c2ccc(O)cc12)C(=O)N[C@@H](Cc1ccc(Cl)cc1)C(=O)N[C@@H](Cc1ccncc1)C(=O)O. The maximum absolute atomic E-state index is 14.0. The topological polar surface area (TPSA) is 212 Å². The molecule has 2 aromatic heterocycles. The molecule has 0 spiro atoms. The molecule has 14 nitrogen and oxygen atoms in total. The van der Waals surface area contributed by atoms with Gasteiger partial charge in [-0.25, -0.2) is 9.59 Å². The summed E-state index contributed by atoms with van der Waals surface area (Å²) in [4.78, 5) is 72.2. The Morgan fingerprint density at radius 2 is 1.46 bits per heavy atom. The summed E-state index contributed by atoms with van der Waals surface area (Å²) in [5.41, 5.74) is 1.89. The molecule has 276 valence electrons. The first-order valence-corrected chi connectivity index (χ1v) is 17.1. The number of alkyl carbamates (subject to hydrolysis) is 1. The summed E-state index contributed by atoms with van der Waals surface area (Å²) < 4.78 is 5.22. The van der Waals surface area contributed by atoms with E-state index in [0.29, 0.717) is 32.6 Å². The van der Waals surface area contributed by atoms with Gasteiger partial charge < -0.3 is 41.2 Å². The summed E-state index contributed by atoms with van der Waals surface area (Å²) >= 11 is 6.07. The molecule has 0 fully saturated rings. The van der Waals surface area contributed by atoms with Gasteiger partial charge in [-0.3, -0.25) is 19.4 Å². The number of phenols is 1. The minimum Gasteiger partial charge on any atom is -0.508 e. The quantitative estimate of drug-likeness (QED) is 0.0834. The van der Waals surface area contributed by atoms with Crippen molar-refractivity contribution in [3.8, 4) is 5.75 Å². The third-order valence-corrected chi connectivity index (χ3v) is 8.12. The average Bonchev–Trinajstić information content (AvgIpc) is 3.47. The van der Waals surface area contributed by atoms with Crippen molar-refractivity contribution >= 4 is 52.3 Å². The highest BCUT2D eigenvalue weighted by atomic mass is 35.5. The lowest BCUT2D eigenvalue weighted by Gasteiger charge is -2.25. The third kappa shape index (κ3) is 12.3. The molecular weight excluding hydrogens is 692 g/mol. The first-order chi connectivity index (χ1) is 24.7. The molecule has 0 saturated carbocycles. The zero-order chi connectivity index (χ0) is 37.8. The van der Waals surface area contributed by atoms with E-state index in [9.17, 15) is 34.2 Å². The van der Waals surface area contributed by atoms with Crippen LogP contribution in [0.15, 0.2) is 73.2 Å². The lowest BCUT2D eigenvalue weighted by Crippen LogP contribution is -2.57. The summed E-state index contributed by atoms with van der Waals surface area (Å²) in [6, 6.07) is 10.9. The molecule has 52 heavy (non-hydrogen) atoms. The van der Waals surface area contributed by atoms with Crippen LogP contribution in [0.25, 0.3) is 10.9 Å². The number of nitrogens with one attached hydrogen (secondary N) is 5. The van der Waals surface area contributed by atoms with Gasteiger partial charge in [-0.2, -0.15) is 0 Å². The van der Waals surface area contributed by atoms with Gasteiger partial charge in [-0.05, 0) is 86.3 Å². The molecule has 4 aromatic rings. The molecule has 0 bridgehead atoms. The zero-order valence-electron chi connectivity index (χ0n) is 29.1. The molecule has 2 heterocycles. The van der Waals surface area contributed by atoms with Crippen molar-refractivity contribution in [3.05, 3.63) is 94.9 Å². The van der Waals surface area contributed by atoms with E-state index in [1.165, 1.54) is 24.5 Å². The lowest BCUT2D eigenvalue weighted by molar-refractivity contribution is -0.142. The average molecular weight is 735 g/mol. The van der Waals surface area contributed by atoms with E-state index in [-0.39, 0.29) is 44.4 Å². The van der Waals surface area contributed by atoms with Crippen LogP contribution >= 0.6 is 11.6 Å². The molecule has 15 heteroatoms. The van der Waals surface area contributed by atoms with Crippen molar-refractivity contribution in [1.82, 2.24) is 31.2 Å². The summed E-state index contributed by atoms with van der Waals surface area (Å²) in [6.45, 7) is 5.35. The van der Waals surface area contributed by atoms with Gasteiger partial charge in [0.15, 0.2) is 0 Å². The van der Waals surface area contributed by atoms with Crippen molar-refractivity contribution in [3.63, 3.8) is 0 Å². The highest BCUT2D eigenvalue weighted by Crippen LogP contribution is 2.24. The number of carboxylic acid groups (broad SMARTS) is 1. The Balaban J connectivity index is 1.54. The van der Waals surface area contributed by atoms with Gasteiger partial charge in [0.05, 0.1) is 0 Å². The van der Waals surface area contributed by atoms with Crippen molar-refractivity contribution in [2.45, 2.75) is 76.6 Å². The van der Waals surface area contributed by atoms with Crippen LogP contribution in [0, 0.1) is 0 Å². The summed E-state index contributed by atoms with van der Waals surface area (Å²) in [5.74, 6) is -3.20. The monoisotopic (exact) mass is 734 g/mol. The standard InChI is InChI=1S/C37H43ClN6O8/c1-37(2,3)52-36(51)40-14-4-5-32(46)42-30(19-24-21-41-28-11-10-26(45)20-27(24)28)34(48)43-29(17-22-6-8-25(38)9-7-22)33(47)44-31(35(49)50)18-23-12-15-39-16-13-23/h6-13,15-16,20-21,29-31,41,45H,4-5,14,17-19H2,1-3H3,(H,40,51)(H,42,46)(H,43,48)(H,44,47)(H,49,50)/t29-,30-,31-/m0/s1. The number of aliphatic carboxylic acids is 1. The highest BCUT2D eigenvalue weighted by molar-refractivity contribution is 6.30. The van der Waals surface area contributed by atoms with Crippen LogP contribution in [-0.4, -0.2) is 80.2 Å². The van der Waals surface area contributed by atoms with Gasteiger partial charge in [0.1, 0.15) is 29.5 Å². The van der Waals surface area contributed by atoms with Crippen molar-refractivity contribution in [2.75, 3.05) is 6.54 Å². The third-order valence-electron chi connectivity index (χ3n) is 7.87. The number of pyridine rings is 1. The van der Waals surface area contributed by atoms with Gasteiger partial charge in [-0.15, -0.1) is 0 Å². The fourth-order valence-corrected chi connectivity index (χ4v) is 5.48. The minimum absolute atomic E-state index is 0.00956. The number of carbonyl (C=O) groups excluding carboxylic acids is 4. The Kier molecular flexibility index (Phi) is 13.6. The Bertz CT molecular complexity index is 1860. The van der Waals surface area contributed by atoms with Gasteiger partial charge >= 0.3 is 12.1 Å².